The number of fused-ring (bicyclic) bond motifs is 1. The number of carbonyl (C=O) groups is 2. The van der Waals surface area contributed by atoms with Crippen LogP contribution >= 0.6 is 0 Å². The number of likely N-dealkylation sites (tertiary alicyclic amines) is 1. The lowest BCUT2D eigenvalue weighted by Gasteiger charge is -2.21. The molecule has 1 atom stereocenters. The van der Waals surface area contributed by atoms with E-state index in [1.54, 1.807) is 4.90 Å². The number of benzene rings is 1. The van der Waals surface area contributed by atoms with E-state index in [9.17, 15) is 9.59 Å². The fraction of sp³-hybridized carbons (Fsp3) is 0.421. The molecule has 1 aliphatic heterocycles. The van der Waals surface area contributed by atoms with E-state index >= 15 is 0 Å². The molecule has 126 valence electrons. The number of hydrogen-bond acceptors (Lipinski definition) is 3. The van der Waals surface area contributed by atoms with Crippen molar-refractivity contribution in [3.8, 4) is 0 Å². The van der Waals surface area contributed by atoms with Crippen molar-refractivity contribution < 1.29 is 9.59 Å². The number of amides is 2. The topological polar surface area (TPSA) is 62.3 Å². The first-order chi connectivity index (χ1) is 11.3. The van der Waals surface area contributed by atoms with Crippen molar-refractivity contribution in [2.75, 3.05) is 6.54 Å². The number of aromatic nitrogens is 1. The first-order valence-electron chi connectivity index (χ1n) is 8.33. The lowest BCUT2D eigenvalue weighted by Crippen LogP contribution is -2.39. The Labute approximate surface area is 142 Å². The third kappa shape index (κ3) is 3.11. The van der Waals surface area contributed by atoms with Crippen LogP contribution in [-0.2, 0) is 4.79 Å². The molecule has 1 aliphatic rings. The number of hydrogen-bond donors (Lipinski definition) is 1. The molecule has 1 aromatic heterocycles. The van der Waals surface area contributed by atoms with Gasteiger partial charge >= 0.3 is 0 Å². The summed E-state index contributed by atoms with van der Waals surface area (Å²) in [4.78, 5) is 31.0. The predicted octanol–water partition coefficient (Wildman–Crippen LogP) is 2.59. The first-order valence-corrected chi connectivity index (χ1v) is 8.33. The maximum atomic E-state index is 12.7. The van der Waals surface area contributed by atoms with Crippen LogP contribution in [0, 0.1) is 13.8 Å². The summed E-state index contributed by atoms with van der Waals surface area (Å²) in [6, 6.07) is 7.91. The minimum Gasteiger partial charge on any atom is -0.347 e. The van der Waals surface area contributed by atoms with Crippen molar-refractivity contribution in [3.05, 3.63) is 41.1 Å². The van der Waals surface area contributed by atoms with Crippen molar-refractivity contribution in [2.24, 2.45) is 0 Å². The molecule has 5 nitrogen and oxygen atoms in total. The van der Waals surface area contributed by atoms with E-state index in [-0.39, 0.29) is 23.9 Å². The van der Waals surface area contributed by atoms with Gasteiger partial charge in [-0.15, -0.1) is 0 Å². The SMILES string of the molecule is Cc1ccc2nc(C)c(C(=O)NC3CC(=O)N(C(C)C)C3)cc2c1. The van der Waals surface area contributed by atoms with Crippen LogP contribution in [-0.4, -0.2) is 40.3 Å². The van der Waals surface area contributed by atoms with Crippen LogP contribution in [0.4, 0.5) is 0 Å². The lowest BCUT2D eigenvalue weighted by molar-refractivity contribution is -0.129. The molecule has 3 rings (SSSR count). The second-order valence-electron chi connectivity index (χ2n) is 6.83. The largest absolute Gasteiger partial charge is 0.347 e. The van der Waals surface area contributed by atoms with E-state index in [1.165, 1.54) is 0 Å². The zero-order chi connectivity index (χ0) is 17.4. The van der Waals surface area contributed by atoms with Crippen molar-refractivity contribution in [1.82, 2.24) is 15.2 Å². The summed E-state index contributed by atoms with van der Waals surface area (Å²) in [5.74, 6) is -0.0638. The lowest BCUT2D eigenvalue weighted by atomic mass is 10.1. The minimum absolute atomic E-state index is 0.0966. The molecule has 0 bridgehead atoms. The summed E-state index contributed by atoms with van der Waals surface area (Å²) in [7, 11) is 0. The van der Waals surface area contributed by atoms with Crippen LogP contribution < -0.4 is 5.32 Å². The number of nitrogens with zero attached hydrogens (tertiary/aromatic N) is 2. The molecule has 1 unspecified atom stereocenters. The van der Waals surface area contributed by atoms with Crippen molar-refractivity contribution in [2.45, 2.75) is 46.2 Å². The van der Waals surface area contributed by atoms with E-state index in [0.29, 0.717) is 24.2 Å². The Morgan fingerprint density at radius 2 is 2.04 bits per heavy atom. The normalized spacial score (nSPS) is 17.8. The van der Waals surface area contributed by atoms with Crippen LogP contribution in [0.2, 0.25) is 0 Å². The van der Waals surface area contributed by atoms with E-state index in [0.717, 1.165) is 16.5 Å². The zero-order valence-corrected chi connectivity index (χ0v) is 14.6. The Balaban J connectivity index is 1.81. The highest BCUT2D eigenvalue weighted by molar-refractivity contribution is 5.99. The maximum Gasteiger partial charge on any atom is 0.253 e. The molecule has 2 aromatic rings. The predicted molar refractivity (Wildman–Crippen MR) is 93.9 cm³/mol. The molecule has 0 radical (unpaired) electrons. The first kappa shape index (κ1) is 16.4. The van der Waals surface area contributed by atoms with E-state index in [1.807, 2.05) is 52.0 Å². The smallest absolute Gasteiger partial charge is 0.253 e. The summed E-state index contributed by atoms with van der Waals surface area (Å²) in [5, 5.41) is 3.94. The van der Waals surface area contributed by atoms with Gasteiger partial charge in [-0.25, -0.2) is 0 Å². The molecule has 1 saturated heterocycles. The van der Waals surface area contributed by atoms with Gasteiger partial charge in [-0.05, 0) is 45.9 Å². The number of carbonyl (C=O) groups excluding carboxylic acids is 2. The Kier molecular flexibility index (Phi) is 4.26. The standard InChI is InChI=1S/C19H23N3O2/c1-11(2)22-10-15(9-18(22)23)21-19(24)16-8-14-7-12(3)5-6-17(14)20-13(16)4/h5-8,11,15H,9-10H2,1-4H3,(H,21,24). The van der Waals surface area contributed by atoms with Crippen LogP contribution in [0.1, 0.15) is 41.9 Å². The average molecular weight is 325 g/mol. The highest BCUT2D eigenvalue weighted by Gasteiger charge is 2.32. The van der Waals surface area contributed by atoms with Crippen LogP contribution in [0.15, 0.2) is 24.3 Å². The second-order valence-corrected chi connectivity index (χ2v) is 6.83. The van der Waals surface area contributed by atoms with Gasteiger partial charge in [0.2, 0.25) is 5.91 Å². The number of nitrogens with one attached hydrogen (secondary N) is 1. The third-order valence-electron chi connectivity index (χ3n) is 4.52. The van der Waals surface area contributed by atoms with Gasteiger partial charge in [0.05, 0.1) is 22.8 Å². The molecule has 1 N–H and O–H groups in total. The van der Waals surface area contributed by atoms with Gasteiger partial charge in [-0.3, -0.25) is 14.6 Å². The zero-order valence-electron chi connectivity index (χ0n) is 14.6. The van der Waals surface area contributed by atoms with Crippen molar-refractivity contribution in [1.29, 1.82) is 0 Å². The maximum absolute atomic E-state index is 12.7. The van der Waals surface area contributed by atoms with Crippen molar-refractivity contribution >= 4 is 22.7 Å². The van der Waals surface area contributed by atoms with Gasteiger partial charge in [0.25, 0.3) is 5.91 Å². The fourth-order valence-corrected chi connectivity index (χ4v) is 3.21. The molecular formula is C19H23N3O2. The molecule has 2 amide bonds. The summed E-state index contributed by atoms with van der Waals surface area (Å²) < 4.78 is 0. The summed E-state index contributed by atoms with van der Waals surface area (Å²) in [6.45, 7) is 8.41. The Morgan fingerprint density at radius 3 is 2.71 bits per heavy atom. The summed E-state index contributed by atoms with van der Waals surface area (Å²) >= 11 is 0. The van der Waals surface area contributed by atoms with E-state index in [4.69, 9.17) is 0 Å². The summed E-state index contributed by atoms with van der Waals surface area (Å²) in [5.41, 5.74) is 3.29. The molecule has 2 heterocycles. The van der Waals surface area contributed by atoms with Gasteiger partial charge in [-0.2, -0.15) is 0 Å². The second kappa shape index (κ2) is 6.23. The number of pyridine rings is 1. The van der Waals surface area contributed by atoms with E-state index < -0.39 is 0 Å². The Morgan fingerprint density at radius 1 is 1.29 bits per heavy atom. The number of aryl methyl sites for hydroxylation is 2. The van der Waals surface area contributed by atoms with Crippen molar-refractivity contribution in [3.63, 3.8) is 0 Å². The van der Waals surface area contributed by atoms with E-state index in [2.05, 4.69) is 10.3 Å². The van der Waals surface area contributed by atoms with Crippen LogP contribution in [0.3, 0.4) is 0 Å². The van der Waals surface area contributed by atoms with Gasteiger partial charge < -0.3 is 10.2 Å². The fourth-order valence-electron chi connectivity index (χ4n) is 3.21. The van der Waals surface area contributed by atoms with Gasteiger partial charge in [0.1, 0.15) is 0 Å². The monoisotopic (exact) mass is 325 g/mol. The van der Waals surface area contributed by atoms with Gasteiger partial charge in [0, 0.05) is 24.4 Å². The molecule has 1 fully saturated rings. The van der Waals surface area contributed by atoms with Crippen LogP contribution in [0.5, 0.6) is 0 Å². The Bertz CT molecular complexity index is 814. The van der Waals surface area contributed by atoms with Crippen LogP contribution in [0.25, 0.3) is 10.9 Å². The molecule has 0 saturated carbocycles. The quantitative estimate of drug-likeness (QED) is 0.943. The molecule has 0 spiro atoms. The molecular weight excluding hydrogens is 302 g/mol. The number of rotatable bonds is 3. The Hall–Kier alpha value is -2.43. The molecule has 24 heavy (non-hydrogen) atoms. The highest BCUT2D eigenvalue weighted by Crippen LogP contribution is 2.19. The molecule has 5 heteroatoms. The third-order valence-corrected chi connectivity index (χ3v) is 4.52. The average Bonchev–Trinajstić information content (AvgIpc) is 2.87. The van der Waals surface area contributed by atoms with Gasteiger partial charge in [0.15, 0.2) is 0 Å². The molecule has 0 aliphatic carbocycles. The van der Waals surface area contributed by atoms with Gasteiger partial charge in [-0.1, -0.05) is 11.6 Å². The minimum atomic E-state index is -0.160. The molecule has 1 aromatic carbocycles. The summed E-state index contributed by atoms with van der Waals surface area (Å²) in [6.07, 6.45) is 0.364. The highest BCUT2D eigenvalue weighted by atomic mass is 16.2.